The van der Waals surface area contributed by atoms with E-state index in [9.17, 15) is 5.11 Å². The van der Waals surface area contributed by atoms with Crippen molar-refractivity contribution < 1.29 is 9.63 Å². The van der Waals surface area contributed by atoms with Crippen LogP contribution in [-0.2, 0) is 19.5 Å². The van der Waals surface area contributed by atoms with Gasteiger partial charge >= 0.3 is 0 Å². The summed E-state index contributed by atoms with van der Waals surface area (Å²) in [4.78, 5) is 6.61. The van der Waals surface area contributed by atoms with Crippen molar-refractivity contribution in [1.82, 2.24) is 15.0 Å². The number of hydrogen-bond acceptors (Lipinski definition) is 5. The Morgan fingerprint density at radius 1 is 1.00 bits per heavy atom. The Balaban J connectivity index is 1.65. The van der Waals surface area contributed by atoms with Crippen molar-refractivity contribution in [3.63, 3.8) is 0 Å². The number of aromatic nitrogens is 2. The zero-order valence-corrected chi connectivity index (χ0v) is 14.4. The van der Waals surface area contributed by atoms with Crippen LogP contribution in [0.3, 0.4) is 0 Å². The first kappa shape index (κ1) is 17.3. The molecule has 0 bridgehead atoms. The molecule has 0 fully saturated rings. The molecule has 0 aliphatic carbocycles. The van der Waals surface area contributed by atoms with E-state index in [2.05, 4.69) is 46.2 Å². The van der Waals surface area contributed by atoms with Crippen LogP contribution in [0.1, 0.15) is 28.4 Å². The van der Waals surface area contributed by atoms with Crippen LogP contribution >= 0.6 is 0 Å². The third-order valence-corrected chi connectivity index (χ3v) is 4.14. The molecule has 0 radical (unpaired) electrons. The topological polar surface area (TPSA) is 62.4 Å². The van der Waals surface area contributed by atoms with E-state index in [-0.39, 0.29) is 6.61 Å². The molecule has 0 amide bonds. The molecule has 0 spiro atoms. The van der Waals surface area contributed by atoms with Crippen molar-refractivity contribution in [2.24, 2.45) is 0 Å². The minimum absolute atomic E-state index is 0.0943. The lowest BCUT2D eigenvalue weighted by Gasteiger charge is -2.19. The Morgan fingerprint density at radius 3 is 2.52 bits per heavy atom. The van der Waals surface area contributed by atoms with Crippen LogP contribution < -0.4 is 0 Å². The average molecular weight is 337 g/mol. The standard InChI is InChI=1S/C20H23N3O2/c1-16-7-5-6-10-18(16)13-19-21-20(25-22-19)15-23(11-12-24)14-17-8-3-2-4-9-17/h2-10,24H,11-15H2,1H3. The van der Waals surface area contributed by atoms with E-state index in [1.807, 2.05) is 30.3 Å². The quantitative estimate of drug-likeness (QED) is 0.685. The van der Waals surface area contributed by atoms with Crippen LogP contribution in [0.5, 0.6) is 0 Å². The Labute approximate surface area is 147 Å². The second kappa shape index (κ2) is 8.55. The number of rotatable bonds is 8. The van der Waals surface area contributed by atoms with Gasteiger partial charge in [0.05, 0.1) is 13.2 Å². The third kappa shape index (κ3) is 4.98. The van der Waals surface area contributed by atoms with E-state index in [0.29, 0.717) is 31.2 Å². The van der Waals surface area contributed by atoms with Crippen molar-refractivity contribution in [2.45, 2.75) is 26.4 Å². The van der Waals surface area contributed by atoms with Gasteiger partial charge in [0.15, 0.2) is 5.82 Å². The molecule has 130 valence electrons. The van der Waals surface area contributed by atoms with Gasteiger partial charge in [0.25, 0.3) is 0 Å². The summed E-state index contributed by atoms with van der Waals surface area (Å²) in [6, 6.07) is 18.4. The number of nitrogens with zero attached hydrogens (tertiary/aromatic N) is 3. The van der Waals surface area contributed by atoms with Crippen molar-refractivity contribution in [1.29, 1.82) is 0 Å². The van der Waals surface area contributed by atoms with E-state index in [1.54, 1.807) is 0 Å². The van der Waals surface area contributed by atoms with Crippen molar-refractivity contribution in [3.05, 3.63) is 83.0 Å². The predicted octanol–water partition coefficient (Wildman–Crippen LogP) is 2.96. The highest BCUT2D eigenvalue weighted by Crippen LogP contribution is 2.13. The van der Waals surface area contributed by atoms with E-state index >= 15 is 0 Å². The number of aryl methyl sites for hydroxylation is 1. The Hall–Kier alpha value is -2.50. The molecule has 5 heteroatoms. The van der Waals surface area contributed by atoms with Gasteiger partial charge in [-0.2, -0.15) is 4.98 Å². The maximum atomic E-state index is 9.31. The lowest BCUT2D eigenvalue weighted by atomic mass is 10.1. The summed E-state index contributed by atoms with van der Waals surface area (Å²) in [5.74, 6) is 1.26. The first-order valence-electron chi connectivity index (χ1n) is 8.47. The second-order valence-corrected chi connectivity index (χ2v) is 6.13. The van der Waals surface area contributed by atoms with Gasteiger partial charge in [-0.1, -0.05) is 59.8 Å². The number of benzene rings is 2. The highest BCUT2D eigenvalue weighted by molar-refractivity contribution is 5.28. The fraction of sp³-hybridized carbons (Fsp3) is 0.300. The molecule has 2 aromatic carbocycles. The molecule has 3 rings (SSSR count). The van der Waals surface area contributed by atoms with Crippen LogP contribution in [0.15, 0.2) is 59.1 Å². The molecule has 0 aliphatic rings. The summed E-state index contributed by atoms with van der Waals surface area (Å²) < 4.78 is 5.41. The molecule has 0 aliphatic heterocycles. The summed E-state index contributed by atoms with van der Waals surface area (Å²) in [6.45, 7) is 3.99. The van der Waals surface area contributed by atoms with E-state index < -0.39 is 0 Å². The fourth-order valence-corrected chi connectivity index (χ4v) is 2.79. The van der Waals surface area contributed by atoms with Crippen LogP contribution in [-0.4, -0.2) is 33.3 Å². The Kier molecular flexibility index (Phi) is 5.93. The highest BCUT2D eigenvalue weighted by atomic mass is 16.5. The van der Waals surface area contributed by atoms with Crippen LogP contribution in [0.25, 0.3) is 0 Å². The number of aliphatic hydroxyl groups is 1. The van der Waals surface area contributed by atoms with E-state index in [1.165, 1.54) is 16.7 Å². The average Bonchev–Trinajstić information content (AvgIpc) is 3.05. The molecule has 1 N–H and O–H groups in total. The van der Waals surface area contributed by atoms with Gasteiger partial charge in [-0.25, -0.2) is 0 Å². The summed E-state index contributed by atoms with van der Waals surface area (Å²) in [5, 5.41) is 13.4. The van der Waals surface area contributed by atoms with E-state index in [0.717, 1.165) is 6.54 Å². The molecule has 25 heavy (non-hydrogen) atoms. The van der Waals surface area contributed by atoms with E-state index in [4.69, 9.17) is 4.52 Å². The molecule has 0 saturated heterocycles. The van der Waals surface area contributed by atoms with Crippen molar-refractivity contribution in [3.8, 4) is 0 Å². The normalized spacial score (nSPS) is 11.2. The first-order valence-corrected chi connectivity index (χ1v) is 8.47. The number of aliphatic hydroxyl groups excluding tert-OH is 1. The van der Waals surface area contributed by atoms with Gasteiger partial charge in [0, 0.05) is 19.5 Å². The predicted molar refractivity (Wildman–Crippen MR) is 95.9 cm³/mol. The maximum absolute atomic E-state index is 9.31. The SMILES string of the molecule is Cc1ccccc1Cc1noc(CN(CCO)Cc2ccccc2)n1. The zero-order valence-electron chi connectivity index (χ0n) is 14.4. The molecule has 3 aromatic rings. The lowest BCUT2D eigenvalue weighted by Crippen LogP contribution is -2.26. The Morgan fingerprint density at radius 2 is 1.76 bits per heavy atom. The first-order chi connectivity index (χ1) is 12.2. The second-order valence-electron chi connectivity index (χ2n) is 6.13. The van der Waals surface area contributed by atoms with Gasteiger partial charge in [-0.3, -0.25) is 4.90 Å². The fourth-order valence-electron chi connectivity index (χ4n) is 2.79. The molecule has 0 atom stereocenters. The van der Waals surface area contributed by atoms with Crippen molar-refractivity contribution >= 4 is 0 Å². The zero-order chi connectivity index (χ0) is 17.5. The largest absolute Gasteiger partial charge is 0.395 e. The van der Waals surface area contributed by atoms with Crippen LogP contribution in [0.2, 0.25) is 0 Å². The summed E-state index contributed by atoms with van der Waals surface area (Å²) in [7, 11) is 0. The molecule has 1 heterocycles. The summed E-state index contributed by atoms with van der Waals surface area (Å²) in [5.41, 5.74) is 3.61. The smallest absolute Gasteiger partial charge is 0.240 e. The van der Waals surface area contributed by atoms with Gasteiger partial charge in [-0.15, -0.1) is 0 Å². The summed E-state index contributed by atoms with van der Waals surface area (Å²) in [6.07, 6.45) is 0.662. The molecule has 5 nitrogen and oxygen atoms in total. The molecule has 0 unspecified atom stereocenters. The van der Waals surface area contributed by atoms with Crippen molar-refractivity contribution in [2.75, 3.05) is 13.2 Å². The third-order valence-electron chi connectivity index (χ3n) is 4.14. The minimum atomic E-state index is 0.0943. The molecule has 1 aromatic heterocycles. The maximum Gasteiger partial charge on any atom is 0.240 e. The monoisotopic (exact) mass is 337 g/mol. The molecule has 0 saturated carbocycles. The van der Waals surface area contributed by atoms with Crippen LogP contribution in [0, 0.1) is 6.92 Å². The molecular formula is C20H23N3O2. The highest BCUT2D eigenvalue weighted by Gasteiger charge is 2.13. The summed E-state index contributed by atoms with van der Waals surface area (Å²) >= 11 is 0. The minimum Gasteiger partial charge on any atom is -0.395 e. The molecular weight excluding hydrogens is 314 g/mol. The van der Waals surface area contributed by atoms with Crippen LogP contribution in [0.4, 0.5) is 0 Å². The van der Waals surface area contributed by atoms with Gasteiger partial charge in [0.2, 0.25) is 5.89 Å². The van der Waals surface area contributed by atoms with Gasteiger partial charge < -0.3 is 9.63 Å². The van der Waals surface area contributed by atoms with Gasteiger partial charge in [0.1, 0.15) is 0 Å². The lowest BCUT2D eigenvalue weighted by molar-refractivity contribution is 0.167. The Bertz CT molecular complexity index is 786. The van der Waals surface area contributed by atoms with Gasteiger partial charge in [-0.05, 0) is 23.6 Å². The number of hydrogen-bond donors (Lipinski definition) is 1.